The molecule has 1 N–H and O–H groups in total. The highest BCUT2D eigenvalue weighted by molar-refractivity contribution is 5.02. The number of hydrogen-bond donors (Lipinski definition) is 1. The first-order chi connectivity index (χ1) is 8.86. The predicted octanol–water partition coefficient (Wildman–Crippen LogP) is 3.28. The summed E-state index contributed by atoms with van der Waals surface area (Å²) in [6, 6.07) is 3.62. The Bertz CT molecular complexity index is 379. The second-order valence-electron chi connectivity index (χ2n) is 6.00. The molecule has 3 rings (SSSR count). The minimum atomic E-state index is 0.674. The molecular weight excluding hydrogens is 222 g/mol. The fourth-order valence-electron chi connectivity index (χ4n) is 3.27. The molecule has 18 heavy (non-hydrogen) atoms. The molecule has 0 radical (unpaired) electrons. The number of hydrogen-bond acceptors (Lipinski definition) is 2. The third-order valence-electron chi connectivity index (χ3n) is 4.49. The summed E-state index contributed by atoms with van der Waals surface area (Å²) in [7, 11) is 0. The van der Waals surface area contributed by atoms with Crippen molar-refractivity contribution < 1.29 is 0 Å². The van der Waals surface area contributed by atoms with Crippen LogP contribution in [0.1, 0.15) is 63.6 Å². The van der Waals surface area contributed by atoms with Crippen molar-refractivity contribution in [3.05, 3.63) is 18.0 Å². The van der Waals surface area contributed by atoms with Gasteiger partial charge in [0, 0.05) is 18.8 Å². The highest BCUT2D eigenvalue weighted by Gasteiger charge is 2.35. The van der Waals surface area contributed by atoms with E-state index in [0.717, 1.165) is 18.5 Å². The molecule has 0 saturated heterocycles. The van der Waals surface area contributed by atoms with Gasteiger partial charge in [0.1, 0.15) is 0 Å². The van der Waals surface area contributed by atoms with E-state index in [-0.39, 0.29) is 0 Å². The Balaban J connectivity index is 1.46. The lowest BCUT2D eigenvalue weighted by Gasteiger charge is -2.09. The Labute approximate surface area is 110 Å². The summed E-state index contributed by atoms with van der Waals surface area (Å²) in [5, 5.41) is 8.35. The summed E-state index contributed by atoms with van der Waals surface area (Å²) in [5.41, 5.74) is 1.21. The normalized spacial score (nSPS) is 27.8. The van der Waals surface area contributed by atoms with Crippen LogP contribution in [0.25, 0.3) is 0 Å². The molecule has 0 aliphatic heterocycles. The van der Waals surface area contributed by atoms with Crippen LogP contribution in [-0.4, -0.2) is 15.8 Å². The molecule has 2 aliphatic rings. The van der Waals surface area contributed by atoms with Gasteiger partial charge < -0.3 is 5.32 Å². The van der Waals surface area contributed by atoms with Crippen LogP contribution in [0.3, 0.4) is 0 Å². The van der Waals surface area contributed by atoms with E-state index in [9.17, 15) is 0 Å². The lowest BCUT2D eigenvalue weighted by atomic mass is 10.2. The molecule has 2 atom stereocenters. The lowest BCUT2D eigenvalue weighted by Crippen LogP contribution is -2.18. The van der Waals surface area contributed by atoms with E-state index in [1.54, 1.807) is 0 Å². The van der Waals surface area contributed by atoms with Gasteiger partial charge in [-0.15, -0.1) is 0 Å². The van der Waals surface area contributed by atoms with Crippen molar-refractivity contribution in [3.63, 3.8) is 0 Å². The van der Waals surface area contributed by atoms with Crippen LogP contribution >= 0.6 is 0 Å². The molecule has 1 heterocycles. The van der Waals surface area contributed by atoms with E-state index in [4.69, 9.17) is 5.10 Å². The molecule has 3 heteroatoms. The molecule has 0 amide bonds. The minimum absolute atomic E-state index is 0.674. The van der Waals surface area contributed by atoms with Crippen LogP contribution in [0.4, 0.5) is 0 Å². The fraction of sp³-hybridized carbons (Fsp3) is 0.800. The molecule has 2 saturated carbocycles. The van der Waals surface area contributed by atoms with E-state index in [1.165, 1.54) is 50.6 Å². The van der Waals surface area contributed by atoms with Gasteiger partial charge in [0.15, 0.2) is 0 Å². The highest BCUT2D eigenvalue weighted by atomic mass is 15.3. The van der Waals surface area contributed by atoms with Crippen molar-refractivity contribution in [2.45, 2.75) is 70.5 Å². The summed E-state index contributed by atoms with van der Waals surface area (Å²) in [5.74, 6) is 0.937. The zero-order valence-corrected chi connectivity index (χ0v) is 11.4. The van der Waals surface area contributed by atoms with Crippen LogP contribution in [0.15, 0.2) is 12.3 Å². The topological polar surface area (TPSA) is 29.9 Å². The van der Waals surface area contributed by atoms with E-state index < -0.39 is 0 Å². The average molecular weight is 247 g/mol. The molecular formula is C15H25N3. The van der Waals surface area contributed by atoms with E-state index in [1.807, 2.05) is 0 Å². The van der Waals surface area contributed by atoms with Crippen molar-refractivity contribution in [1.82, 2.24) is 15.1 Å². The Kier molecular flexibility index (Phi) is 3.69. The van der Waals surface area contributed by atoms with E-state index in [2.05, 4.69) is 29.2 Å². The molecule has 1 aromatic heterocycles. The quantitative estimate of drug-likeness (QED) is 0.836. The molecule has 3 nitrogen and oxygen atoms in total. The predicted molar refractivity (Wildman–Crippen MR) is 73.4 cm³/mol. The van der Waals surface area contributed by atoms with Crippen LogP contribution in [0.2, 0.25) is 0 Å². The van der Waals surface area contributed by atoms with Gasteiger partial charge in [-0.2, -0.15) is 5.10 Å². The van der Waals surface area contributed by atoms with Gasteiger partial charge in [0.05, 0.1) is 11.7 Å². The largest absolute Gasteiger partial charge is 0.308 e. The number of rotatable bonds is 6. The summed E-state index contributed by atoms with van der Waals surface area (Å²) in [4.78, 5) is 0. The Morgan fingerprint density at radius 3 is 3.00 bits per heavy atom. The Morgan fingerprint density at radius 2 is 2.22 bits per heavy atom. The maximum Gasteiger partial charge on any atom is 0.0762 e. The maximum absolute atomic E-state index is 4.72. The zero-order chi connectivity index (χ0) is 12.4. The first-order valence-corrected chi connectivity index (χ1v) is 7.64. The second-order valence-corrected chi connectivity index (χ2v) is 6.00. The first-order valence-electron chi connectivity index (χ1n) is 7.64. The Morgan fingerprint density at radius 1 is 1.39 bits per heavy atom. The van der Waals surface area contributed by atoms with Crippen molar-refractivity contribution in [2.24, 2.45) is 5.92 Å². The molecule has 100 valence electrons. The molecule has 0 spiro atoms. The SMILES string of the molecule is CCCC1CC1NCc1ccn(C2CCCC2)n1. The summed E-state index contributed by atoms with van der Waals surface area (Å²) < 4.78 is 2.19. The zero-order valence-electron chi connectivity index (χ0n) is 11.4. The van der Waals surface area contributed by atoms with Gasteiger partial charge in [-0.25, -0.2) is 0 Å². The van der Waals surface area contributed by atoms with Crippen molar-refractivity contribution in [1.29, 1.82) is 0 Å². The smallest absolute Gasteiger partial charge is 0.0762 e. The summed E-state index contributed by atoms with van der Waals surface area (Å²) in [6.45, 7) is 3.23. The Hall–Kier alpha value is -0.830. The lowest BCUT2D eigenvalue weighted by molar-refractivity contribution is 0.460. The van der Waals surface area contributed by atoms with Gasteiger partial charge in [0.25, 0.3) is 0 Å². The van der Waals surface area contributed by atoms with E-state index in [0.29, 0.717) is 6.04 Å². The van der Waals surface area contributed by atoms with Gasteiger partial charge in [-0.1, -0.05) is 26.2 Å². The first kappa shape index (κ1) is 12.2. The van der Waals surface area contributed by atoms with Gasteiger partial charge in [0.2, 0.25) is 0 Å². The van der Waals surface area contributed by atoms with Crippen molar-refractivity contribution in [2.75, 3.05) is 0 Å². The van der Waals surface area contributed by atoms with Crippen molar-refractivity contribution >= 4 is 0 Å². The molecule has 0 bridgehead atoms. The second kappa shape index (κ2) is 5.43. The van der Waals surface area contributed by atoms with Crippen LogP contribution in [-0.2, 0) is 6.54 Å². The average Bonchev–Trinajstić information content (AvgIpc) is 2.86. The van der Waals surface area contributed by atoms with Gasteiger partial charge in [-0.3, -0.25) is 4.68 Å². The number of nitrogens with zero attached hydrogens (tertiary/aromatic N) is 2. The highest BCUT2D eigenvalue weighted by Crippen LogP contribution is 2.34. The molecule has 2 fully saturated rings. The minimum Gasteiger partial charge on any atom is -0.308 e. The van der Waals surface area contributed by atoms with Crippen LogP contribution < -0.4 is 5.32 Å². The third-order valence-corrected chi connectivity index (χ3v) is 4.49. The van der Waals surface area contributed by atoms with Gasteiger partial charge >= 0.3 is 0 Å². The van der Waals surface area contributed by atoms with Crippen LogP contribution in [0.5, 0.6) is 0 Å². The maximum atomic E-state index is 4.72. The monoisotopic (exact) mass is 247 g/mol. The number of nitrogens with one attached hydrogen (secondary N) is 1. The summed E-state index contributed by atoms with van der Waals surface area (Å²) >= 11 is 0. The standard InChI is InChI=1S/C15H25N3/c1-2-5-12-10-15(12)16-11-13-8-9-18(17-13)14-6-3-4-7-14/h8-9,12,14-16H,2-7,10-11H2,1H3. The summed E-state index contributed by atoms with van der Waals surface area (Å²) in [6.07, 6.45) is 11.6. The molecule has 2 aliphatic carbocycles. The molecule has 1 aromatic rings. The van der Waals surface area contributed by atoms with Crippen molar-refractivity contribution in [3.8, 4) is 0 Å². The number of aromatic nitrogens is 2. The van der Waals surface area contributed by atoms with Crippen LogP contribution in [0, 0.1) is 5.92 Å². The third kappa shape index (κ3) is 2.77. The fourth-order valence-corrected chi connectivity index (χ4v) is 3.27. The molecule has 0 aromatic carbocycles. The molecule has 2 unspecified atom stereocenters. The van der Waals surface area contributed by atoms with Gasteiger partial charge in [-0.05, 0) is 37.7 Å². The van der Waals surface area contributed by atoms with E-state index >= 15 is 0 Å².